The van der Waals surface area contributed by atoms with Gasteiger partial charge in [0.15, 0.2) is 0 Å². The molecule has 0 bridgehead atoms. The minimum atomic E-state index is -0.114. The molecule has 1 amide bonds. The van der Waals surface area contributed by atoms with Crippen LogP contribution in [0, 0.1) is 5.41 Å². The molecule has 0 spiro atoms. The fraction of sp³-hybridized carbons (Fsp3) is 0.615. The van der Waals surface area contributed by atoms with E-state index in [1.807, 2.05) is 39.1 Å². The monoisotopic (exact) mass is 254 g/mol. The SMILES string of the molecule is CC(NC(=O)CC(N)C(C)(C)C)c1ccsc1. The topological polar surface area (TPSA) is 55.1 Å². The first-order chi connectivity index (χ1) is 7.80. The van der Waals surface area contributed by atoms with Gasteiger partial charge in [0.05, 0.1) is 6.04 Å². The number of hydrogen-bond acceptors (Lipinski definition) is 3. The fourth-order valence-electron chi connectivity index (χ4n) is 1.41. The van der Waals surface area contributed by atoms with Crippen LogP contribution in [-0.4, -0.2) is 11.9 Å². The number of nitrogens with two attached hydrogens (primary N) is 1. The number of nitrogens with one attached hydrogen (secondary N) is 1. The predicted molar refractivity (Wildman–Crippen MR) is 72.9 cm³/mol. The molecule has 1 heterocycles. The number of carbonyl (C=O) groups excluding carboxylic acids is 1. The molecule has 0 radical (unpaired) electrons. The summed E-state index contributed by atoms with van der Waals surface area (Å²) in [6.07, 6.45) is 0.373. The van der Waals surface area contributed by atoms with Gasteiger partial charge < -0.3 is 11.1 Å². The normalized spacial score (nSPS) is 15.4. The maximum atomic E-state index is 11.8. The number of rotatable bonds is 4. The van der Waals surface area contributed by atoms with Gasteiger partial charge in [-0.15, -0.1) is 0 Å². The first-order valence-electron chi connectivity index (χ1n) is 5.87. The molecule has 0 aromatic carbocycles. The Balaban J connectivity index is 2.45. The average molecular weight is 254 g/mol. The van der Waals surface area contributed by atoms with Crippen LogP contribution in [0.5, 0.6) is 0 Å². The van der Waals surface area contributed by atoms with Crippen LogP contribution in [0.25, 0.3) is 0 Å². The van der Waals surface area contributed by atoms with Gasteiger partial charge in [-0.05, 0) is 34.7 Å². The van der Waals surface area contributed by atoms with Crippen LogP contribution >= 0.6 is 11.3 Å². The molecule has 96 valence electrons. The highest BCUT2D eigenvalue weighted by atomic mass is 32.1. The summed E-state index contributed by atoms with van der Waals surface area (Å²) in [4.78, 5) is 11.8. The highest BCUT2D eigenvalue weighted by Crippen LogP contribution is 2.20. The van der Waals surface area contributed by atoms with Gasteiger partial charge in [0.2, 0.25) is 5.91 Å². The smallest absolute Gasteiger partial charge is 0.222 e. The van der Waals surface area contributed by atoms with Gasteiger partial charge >= 0.3 is 0 Å². The molecule has 4 heteroatoms. The zero-order chi connectivity index (χ0) is 13.1. The Morgan fingerprint density at radius 2 is 2.18 bits per heavy atom. The quantitative estimate of drug-likeness (QED) is 0.868. The molecule has 2 atom stereocenters. The van der Waals surface area contributed by atoms with Gasteiger partial charge in [0, 0.05) is 12.5 Å². The van der Waals surface area contributed by atoms with Crippen molar-refractivity contribution in [2.75, 3.05) is 0 Å². The van der Waals surface area contributed by atoms with Gasteiger partial charge in [0.25, 0.3) is 0 Å². The van der Waals surface area contributed by atoms with Crippen LogP contribution in [0.1, 0.15) is 45.7 Å². The minimum Gasteiger partial charge on any atom is -0.350 e. The molecule has 1 aromatic rings. The van der Waals surface area contributed by atoms with E-state index in [1.54, 1.807) is 11.3 Å². The molecule has 1 aromatic heterocycles. The van der Waals surface area contributed by atoms with Crippen molar-refractivity contribution in [3.63, 3.8) is 0 Å². The van der Waals surface area contributed by atoms with E-state index in [-0.39, 0.29) is 23.4 Å². The van der Waals surface area contributed by atoms with Gasteiger partial charge in [-0.2, -0.15) is 11.3 Å². The second kappa shape index (κ2) is 5.65. The maximum Gasteiger partial charge on any atom is 0.222 e. The van der Waals surface area contributed by atoms with Crippen molar-refractivity contribution in [2.45, 2.75) is 46.2 Å². The molecule has 2 unspecified atom stereocenters. The van der Waals surface area contributed by atoms with Crippen LogP contribution in [0.4, 0.5) is 0 Å². The number of hydrogen-bond donors (Lipinski definition) is 2. The summed E-state index contributed by atoms with van der Waals surface area (Å²) in [6.45, 7) is 8.14. The second-order valence-electron chi connectivity index (χ2n) is 5.52. The summed E-state index contributed by atoms with van der Waals surface area (Å²) in [5, 5.41) is 7.04. The number of carbonyl (C=O) groups is 1. The van der Waals surface area contributed by atoms with E-state index in [0.29, 0.717) is 6.42 Å². The van der Waals surface area contributed by atoms with Crippen molar-refractivity contribution in [2.24, 2.45) is 11.1 Å². The molecule has 3 nitrogen and oxygen atoms in total. The van der Waals surface area contributed by atoms with Gasteiger partial charge in [0.1, 0.15) is 0 Å². The van der Waals surface area contributed by atoms with E-state index in [9.17, 15) is 4.79 Å². The fourth-order valence-corrected chi connectivity index (χ4v) is 2.17. The van der Waals surface area contributed by atoms with Crippen LogP contribution in [0.15, 0.2) is 16.8 Å². The largest absolute Gasteiger partial charge is 0.350 e. The highest BCUT2D eigenvalue weighted by molar-refractivity contribution is 7.07. The summed E-state index contributed by atoms with van der Waals surface area (Å²) in [5.74, 6) is 0.0196. The highest BCUT2D eigenvalue weighted by Gasteiger charge is 2.23. The van der Waals surface area contributed by atoms with E-state index in [4.69, 9.17) is 5.73 Å². The van der Waals surface area contributed by atoms with E-state index in [1.165, 1.54) is 0 Å². The van der Waals surface area contributed by atoms with Crippen molar-refractivity contribution in [1.29, 1.82) is 0 Å². The first kappa shape index (κ1) is 14.2. The third kappa shape index (κ3) is 4.48. The van der Waals surface area contributed by atoms with Crippen molar-refractivity contribution in [3.8, 4) is 0 Å². The third-order valence-electron chi connectivity index (χ3n) is 2.94. The molecule has 0 aliphatic rings. The zero-order valence-electron chi connectivity index (χ0n) is 11.0. The van der Waals surface area contributed by atoms with Gasteiger partial charge in [-0.25, -0.2) is 0 Å². The summed E-state index contributed by atoms with van der Waals surface area (Å²) >= 11 is 1.64. The Labute approximate surface area is 107 Å². The van der Waals surface area contributed by atoms with E-state index in [2.05, 4.69) is 10.7 Å². The zero-order valence-corrected chi connectivity index (χ0v) is 11.8. The standard InChI is InChI=1S/C13H22N2OS/c1-9(10-5-6-17-8-10)15-12(16)7-11(14)13(2,3)4/h5-6,8-9,11H,7,14H2,1-4H3,(H,15,16). The lowest BCUT2D eigenvalue weighted by Gasteiger charge is -2.27. The lowest BCUT2D eigenvalue weighted by molar-refractivity contribution is -0.122. The Kier molecular flexibility index (Phi) is 4.71. The predicted octanol–water partition coefficient (Wildman–Crippen LogP) is 2.69. The van der Waals surface area contributed by atoms with Crippen molar-refractivity contribution >= 4 is 17.2 Å². The molecular weight excluding hydrogens is 232 g/mol. The van der Waals surface area contributed by atoms with Gasteiger partial charge in [-0.1, -0.05) is 20.8 Å². The summed E-state index contributed by atoms with van der Waals surface area (Å²) in [5.41, 5.74) is 7.09. The third-order valence-corrected chi connectivity index (χ3v) is 3.64. The van der Waals surface area contributed by atoms with Crippen molar-refractivity contribution < 1.29 is 4.79 Å². The maximum absolute atomic E-state index is 11.8. The molecule has 1 rings (SSSR count). The van der Waals surface area contributed by atoms with Crippen LogP contribution in [-0.2, 0) is 4.79 Å². The van der Waals surface area contributed by atoms with Gasteiger partial charge in [-0.3, -0.25) is 4.79 Å². The van der Waals surface area contributed by atoms with E-state index >= 15 is 0 Å². The summed E-state index contributed by atoms with van der Waals surface area (Å²) in [7, 11) is 0. The van der Waals surface area contributed by atoms with E-state index < -0.39 is 0 Å². The minimum absolute atomic E-state index is 0.0196. The Morgan fingerprint density at radius 1 is 1.53 bits per heavy atom. The Hall–Kier alpha value is -0.870. The molecule has 0 aliphatic heterocycles. The molecule has 0 fully saturated rings. The molecule has 0 saturated heterocycles. The Bertz CT molecular complexity index is 354. The lowest BCUT2D eigenvalue weighted by Crippen LogP contribution is -2.40. The lowest BCUT2D eigenvalue weighted by atomic mass is 9.85. The Morgan fingerprint density at radius 3 is 2.65 bits per heavy atom. The van der Waals surface area contributed by atoms with Crippen LogP contribution < -0.4 is 11.1 Å². The first-order valence-corrected chi connectivity index (χ1v) is 6.82. The van der Waals surface area contributed by atoms with Crippen molar-refractivity contribution in [3.05, 3.63) is 22.4 Å². The second-order valence-corrected chi connectivity index (χ2v) is 6.30. The van der Waals surface area contributed by atoms with Crippen LogP contribution in [0.3, 0.4) is 0 Å². The number of amides is 1. The average Bonchev–Trinajstić information content (AvgIpc) is 2.68. The molecule has 0 aliphatic carbocycles. The molecular formula is C13H22N2OS. The van der Waals surface area contributed by atoms with Crippen molar-refractivity contribution in [1.82, 2.24) is 5.32 Å². The summed E-state index contributed by atoms with van der Waals surface area (Å²) in [6, 6.07) is 1.97. The molecule has 3 N–H and O–H groups in total. The van der Waals surface area contributed by atoms with E-state index in [0.717, 1.165) is 5.56 Å². The molecule has 17 heavy (non-hydrogen) atoms. The molecule has 0 saturated carbocycles. The summed E-state index contributed by atoms with van der Waals surface area (Å²) < 4.78 is 0. The van der Waals surface area contributed by atoms with Crippen LogP contribution in [0.2, 0.25) is 0 Å². The number of thiophene rings is 1.